The predicted octanol–water partition coefficient (Wildman–Crippen LogP) is 4.89. The Hall–Kier alpha value is -0.890. The molecule has 0 N–H and O–H groups in total. The Balaban J connectivity index is 1.74. The van der Waals surface area contributed by atoms with Crippen LogP contribution in [0.2, 0.25) is 10.0 Å². The van der Waals surface area contributed by atoms with Crippen LogP contribution in [0.4, 0.5) is 10.5 Å². The van der Waals surface area contributed by atoms with Crippen LogP contribution in [0.5, 0.6) is 0 Å². The van der Waals surface area contributed by atoms with Gasteiger partial charge in [-0.1, -0.05) is 53.6 Å². The Morgan fingerprint density at radius 2 is 2.12 bits per heavy atom. The second-order valence-corrected chi connectivity index (χ2v) is 8.83. The molecule has 0 aliphatic carbocycles. The van der Waals surface area contributed by atoms with Gasteiger partial charge in [0.05, 0.1) is 15.7 Å². The molecule has 3 rings (SSSR count). The van der Waals surface area contributed by atoms with Crippen LogP contribution in [0, 0.1) is 0 Å². The predicted molar refractivity (Wildman–Crippen MR) is 111 cm³/mol. The summed E-state index contributed by atoms with van der Waals surface area (Å²) in [5, 5.41) is 1.65. The van der Waals surface area contributed by atoms with Crippen molar-refractivity contribution in [2.24, 2.45) is 4.99 Å². The van der Waals surface area contributed by atoms with Crippen molar-refractivity contribution in [2.45, 2.75) is 25.8 Å². The van der Waals surface area contributed by atoms with Gasteiger partial charge in [-0.15, -0.1) is 0 Å². The van der Waals surface area contributed by atoms with Crippen molar-refractivity contribution >= 4 is 68.7 Å². The van der Waals surface area contributed by atoms with E-state index in [1.165, 1.54) is 11.8 Å². The largest absolute Gasteiger partial charge is 0.332 e. The van der Waals surface area contributed by atoms with Crippen molar-refractivity contribution < 1.29 is 9.59 Å². The number of halogens is 2. The van der Waals surface area contributed by atoms with Gasteiger partial charge >= 0.3 is 0 Å². The lowest BCUT2D eigenvalue weighted by Gasteiger charge is -2.24. The van der Waals surface area contributed by atoms with E-state index in [1.807, 2.05) is 0 Å². The number of benzene rings is 1. The molecule has 1 aromatic rings. The van der Waals surface area contributed by atoms with Gasteiger partial charge in [0.25, 0.3) is 5.24 Å². The zero-order valence-corrected chi connectivity index (χ0v) is 17.4. The zero-order valence-electron chi connectivity index (χ0n) is 14.3. The monoisotopic (exact) mass is 431 g/mol. The molecule has 0 aromatic heterocycles. The number of carbonyl (C=O) groups is 2. The molecule has 9 heteroatoms. The molecule has 2 heterocycles. The molecule has 2 aliphatic heterocycles. The summed E-state index contributed by atoms with van der Waals surface area (Å²) in [4.78, 5) is 32.7. The highest BCUT2D eigenvalue weighted by atomic mass is 35.5. The van der Waals surface area contributed by atoms with E-state index in [0.29, 0.717) is 40.4 Å². The molecule has 1 aromatic carbocycles. The molecule has 0 bridgehead atoms. The normalized spacial score (nSPS) is 21.9. The van der Waals surface area contributed by atoms with Crippen molar-refractivity contribution in [3.8, 4) is 0 Å². The van der Waals surface area contributed by atoms with E-state index >= 15 is 0 Å². The van der Waals surface area contributed by atoms with Crippen LogP contribution in [0.15, 0.2) is 23.2 Å². The minimum atomic E-state index is 0.00496. The Kier molecular flexibility index (Phi) is 6.77. The fourth-order valence-corrected chi connectivity index (χ4v) is 5.24. The molecule has 140 valence electrons. The summed E-state index contributed by atoms with van der Waals surface area (Å²) in [5.41, 5.74) is 0.669. The number of nitrogens with zero attached hydrogens (tertiary/aromatic N) is 3. The van der Waals surface area contributed by atoms with Crippen LogP contribution >= 0.6 is 46.7 Å². The summed E-state index contributed by atoms with van der Waals surface area (Å²) in [6.45, 7) is 3.24. The average molecular weight is 432 g/mol. The number of hydrogen-bond acceptors (Lipinski definition) is 5. The number of carbonyl (C=O) groups excluding carboxylic acids is 2. The van der Waals surface area contributed by atoms with Crippen LogP contribution in [0.25, 0.3) is 0 Å². The summed E-state index contributed by atoms with van der Waals surface area (Å²) in [5.74, 6) is 1.63. The van der Waals surface area contributed by atoms with Gasteiger partial charge in [0, 0.05) is 37.1 Å². The third-order valence-corrected chi connectivity index (χ3v) is 7.01. The molecule has 2 amide bonds. The third-order valence-electron chi connectivity index (χ3n) is 4.28. The van der Waals surface area contributed by atoms with E-state index in [9.17, 15) is 9.59 Å². The number of rotatable bonds is 5. The molecule has 2 aliphatic rings. The van der Waals surface area contributed by atoms with Crippen molar-refractivity contribution in [3.05, 3.63) is 28.2 Å². The van der Waals surface area contributed by atoms with Gasteiger partial charge in [0.15, 0.2) is 5.17 Å². The lowest BCUT2D eigenvalue weighted by atomic mass is 10.2. The second-order valence-electron chi connectivity index (χ2n) is 5.98. The molecule has 1 atom stereocenters. The van der Waals surface area contributed by atoms with E-state index < -0.39 is 0 Å². The zero-order chi connectivity index (χ0) is 18.7. The van der Waals surface area contributed by atoms with Gasteiger partial charge in [0.1, 0.15) is 0 Å². The van der Waals surface area contributed by atoms with Crippen molar-refractivity contribution in [1.29, 1.82) is 0 Å². The summed E-state index contributed by atoms with van der Waals surface area (Å²) < 4.78 is 0. The molecule has 26 heavy (non-hydrogen) atoms. The summed E-state index contributed by atoms with van der Waals surface area (Å²) in [6, 6.07) is 5.30. The van der Waals surface area contributed by atoms with Crippen molar-refractivity contribution in [1.82, 2.24) is 9.80 Å². The van der Waals surface area contributed by atoms with E-state index in [0.717, 1.165) is 17.9 Å². The molecular weight excluding hydrogens is 413 g/mol. The SMILES string of the molecule is CCC1CSC(=Nc2ccc(Cl)c(Cl)c2)N1C(=O)CCN1CCSC1=O. The quantitative estimate of drug-likeness (QED) is 0.665. The molecule has 1 unspecified atom stereocenters. The van der Waals surface area contributed by atoms with Gasteiger partial charge in [0.2, 0.25) is 5.91 Å². The minimum absolute atomic E-state index is 0.00496. The van der Waals surface area contributed by atoms with Gasteiger partial charge in [-0.25, -0.2) is 4.99 Å². The summed E-state index contributed by atoms with van der Waals surface area (Å²) in [7, 11) is 0. The fraction of sp³-hybridized carbons (Fsp3) is 0.471. The van der Waals surface area contributed by atoms with Crippen LogP contribution in [-0.4, -0.2) is 56.8 Å². The van der Waals surface area contributed by atoms with E-state index in [-0.39, 0.29) is 17.2 Å². The highest BCUT2D eigenvalue weighted by Gasteiger charge is 2.34. The number of amidine groups is 1. The van der Waals surface area contributed by atoms with Crippen LogP contribution < -0.4 is 0 Å². The molecule has 0 spiro atoms. The number of thioether (sulfide) groups is 2. The first-order valence-electron chi connectivity index (χ1n) is 8.40. The van der Waals surface area contributed by atoms with Crippen LogP contribution in [0.1, 0.15) is 19.8 Å². The molecule has 5 nitrogen and oxygen atoms in total. The van der Waals surface area contributed by atoms with Crippen molar-refractivity contribution in [2.75, 3.05) is 24.6 Å². The van der Waals surface area contributed by atoms with E-state index in [4.69, 9.17) is 23.2 Å². The highest BCUT2D eigenvalue weighted by Crippen LogP contribution is 2.32. The Bertz CT molecular complexity index is 745. The summed E-state index contributed by atoms with van der Waals surface area (Å²) >= 11 is 14.9. The Labute approximate surface area is 171 Å². The number of hydrogen-bond donors (Lipinski definition) is 0. The van der Waals surface area contributed by atoms with Gasteiger partial charge in [-0.3, -0.25) is 14.5 Å². The standard InChI is InChI=1S/C17H19Cl2N3O2S2/c1-2-12-10-26-16(20-11-3-4-13(18)14(19)9-11)22(12)15(23)5-6-21-7-8-25-17(21)24/h3-4,9,12H,2,5-8,10H2,1H3. The maximum atomic E-state index is 12.8. The number of aliphatic imine (C=N–C) groups is 1. The molecule has 2 fully saturated rings. The minimum Gasteiger partial charge on any atom is -0.332 e. The first-order valence-corrected chi connectivity index (χ1v) is 11.1. The molecule has 0 saturated carbocycles. The van der Waals surface area contributed by atoms with E-state index in [2.05, 4.69) is 11.9 Å². The van der Waals surface area contributed by atoms with Crippen LogP contribution in [0.3, 0.4) is 0 Å². The fourth-order valence-electron chi connectivity index (χ4n) is 2.81. The third kappa shape index (κ3) is 4.50. The Morgan fingerprint density at radius 3 is 2.77 bits per heavy atom. The maximum Gasteiger partial charge on any atom is 0.281 e. The number of amides is 2. The van der Waals surface area contributed by atoms with Gasteiger partial charge in [-0.05, 0) is 24.6 Å². The second kappa shape index (κ2) is 8.87. The van der Waals surface area contributed by atoms with Gasteiger partial charge in [-0.2, -0.15) is 0 Å². The molecule has 0 radical (unpaired) electrons. The molecule has 2 saturated heterocycles. The molecular formula is C17H19Cl2N3O2S2. The lowest BCUT2D eigenvalue weighted by molar-refractivity contribution is -0.128. The first-order chi connectivity index (χ1) is 12.5. The average Bonchev–Trinajstić information content (AvgIpc) is 3.22. The topological polar surface area (TPSA) is 53.0 Å². The Morgan fingerprint density at radius 1 is 1.31 bits per heavy atom. The van der Waals surface area contributed by atoms with E-state index in [1.54, 1.807) is 39.8 Å². The van der Waals surface area contributed by atoms with Gasteiger partial charge < -0.3 is 4.90 Å². The highest BCUT2D eigenvalue weighted by molar-refractivity contribution is 8.14. The first kappa shape index (κ1) is 19.9. The maximum absolute atomic E-state index is 12.8. The lowest BCUT2D eigenvalue weighted by Crippen LogP contribution is -2.40. The smallest absolute Gasteiger partial charge is 0.281 e. The van der Waals surface area contributed by atoms with Crippen LogP contribution in [-0.2, 0) is 4.79 Å². The van der Waals surface area contributed by atoms with Crippen molar-refractivity contribution in [3.63, 3.8) is 0 Å². The summed E-state index contributed by atoms with van der Waals surface area (Å²) in [6.07, 6.45) is 1.17.